The van der Waals surface area contributed by atoms with E-state index in [1.807, 2.05) is 69.3 Å². The average Bonchev–Trinajstić information content (AvgIpc) is 2.54. The molecular weight excluding hydrogens is 300 g/mol. The Bertz CT molecular complexity index is 740. The van der Waals surface area contributed by atoms with Crippen LogP contribution in [0.2, 0.25) is 0 Å². The average molecular weight is 324 g/mol. The molecule has 0 atom stereocenters. The molecule has 2 aromatic rings. The second-order valence-corrected chi connectivity index (χ2v) is 5.87. The van der Waals surface area contributed by atoms with Gasteiger partial charge in [-0.05, 0) is 50.1 Å². The summed E-state index contributed by atoms with van der Waals surface area (Å²) >= 11 is 0. The van der Waals surface area contributed by atoms with Gasteiger partial charge >= 0.3 is 0 Å². The highest BCUT2D eigenvalue weighted by Crippen LogP contribution is 2.21. The van der Waals surface area contributed by atoms with Crippen LogP contribution in [-0.2, 0) is 9.59 Å². The quantitative estimate of drug-likeness (QED) is 0.841. The number of hydrogen-bond donors (Lipinski definition) is 0. The molecule has 4 nitrogen and oxygen atoms in total. The maximum Gasteiger partial charge on any atom is 0.247 e. The Hall–Kier alpha value is -2.62. The fourth-order valence-electron chi connectivity index (χ4n) is 2.75. The molecule has 2 amide bonds. The fourth-order valence-corrected chi connectivity index (χ4v) is 2.75. The number of carbonyl (C=O) groups is 2. The van der Waals surface area contributed by atoms with E-state index < -0.39 is 0 Å². The third-order valence-corrected chi connectivity index (χ3v) is 4.01. The first-order chi connectivity index (χ1) is 11.4. The first-order valence-electron chi connectivity index (χ1n) is 8.14. The number of carbonyl (C=O) groups excluding carboxylic acids is 2. The molecule has 2 rings (SSSR count). The third kappa shape index (κ3) is 4.02. The molecule has 4 heteroatoms. The summed E-state index contributed by atoms with van der Waals surface area (Å²) in [4.78, 5) is 28.2. The molecule has 2 aromatic carbocycles. The summed E-state index contributed by atoms with van der Waals surface area (Å²) in [5, 5.41) is 0. The van der Waals surface area contributed by atoms with E-state index in [9.17, 15) is 9.59 Å². The van der Waals surface area contributed by atoms with E-state index in [1.165, 1.54) is 11.8 Å². The summed E-state index contributed by atoms with van der Waals surface area (Å²) in [5.74, 6) is -0.237. The van der Waals surface area contributed by atoms with Crippen LogP contribution < -0.4 is 9.80 Å². The van der Waals surface area contributed by atoms with Crippen LogP contribution in [0.3, 0.4) is 0 Å². The van der Waals surface area contributed by atoms with E-state index in [0.29, 0.717) is 6.54 Å². The Labute approximate surface area is 143 Å². The number of likely N-dealkylation sites (N-methyl/N-ethyl adjacent to an activating group) is 1. The lowest BCUT2D eigenvalue weighted by Gasteiger charge is -2.27. The summed E-state index contributed by atoms with van der Waals surface area (Å²) < 4.78 is 0. The van der Waals surface area contributed by atoms with E-state index in [4.69, 9.17) is 0 Å². The molecule has 0 aliphatic carbocycles. The van der Waals surface area contributed by atoms with E-state index in [-0.39, 0.29) is 18.4 Å². The smallest absolute Gasteiger partial charge is 0.247 e. The molecule has 0 spiro atoms. The molecule has 0 fully saturated rings. The maximum atomic E-state index is 12.8. The first-order valence-corrected chi connectivity index (χ1v) is 8.14. The van der Waals surface area contributed by atoms with Gasteiger partial charge in [-0.25, -0.2) is 0 Å². The van der Waals surface area contributed by atoms with Crippen molar-refractivity contribution in [1.82, 2.24) is 0 Å². The van der Waals surface area contributed by atoms with E-state index in [0.717, 1.165) is 22.5 Å². The van der Waals surface area contributed by atoms with Gasteiger partial charge in [0.2, 0.25) is 11.8 Å². The normalized spacial score (nSPS) is 10.3. The highest BCUT2D eigenvalue weighted by Gasteiger charge is 2.21. The van der Waals surface area contributed by atoms with Crippen molar-refractivity contribution in [3.63, 3.8) is 0 Å². The second kappa shape index (κ2) is 7.77. The van der Waals surface area contributed by atoms with Crippen LogP contribution in [0.15, 0.2) is 48.5 Å². The molecule has 0 aliphatic rings. The largest absolute Gasteiger partial charge is 0.311 e. The maximum absolute atomic E-state index is 12.8. The Morgan fingerprint density at radius 3 is 2.25 bits per heavy atom. The number of hydrogen-bond acceptors (Lipinski definition) is 2. The Balaban J connectivity index is 2.27. The minimum absolute atomic E-state index is 0.0297. The minimum atomic E-state index is -0.141. The van der Waals surface area contributed by atoms with Crippen LogP contribution >= 0.6 is 0 Å². The zero-order valence-corrected chi connectivity index (χ0v) is 14.7. The summed E-state index contributed by atoms with van der Waals surface area (Å²) in [7, 11) is 0. The third-order valence-electron chi connectivity index (χ3n) is 4.01. The molecule has 0 heterocycles. The van der Waals surface area contributed by atoms with E-state index in [2.05, 4.69) is 0 Å². The number of aryl methyl sites for hydroxylation is 2. The van der Waals surface area contributed by atoms with Gasteiger partial charge in [0.1, 0.15) is 6.54 Å². The Kier molecular flexibility index (Phi) is 5.74. The van der Waals surface area contributed by atoms with Crippen molar-refractivity contribution in [3.8, 4) is 0 Å². The number of benzene rings is 2. The molecule has 0 N–H and O–H groups in total. The first kappa shape index (κ1) is 17.7. The van der Waals surface area contributed by atoms with Gasteiger partial charge in [-0.15, -0.1) is 0 Å². The lowest BCUT2D eigenvalue weighted by Crippen LogP contribution is -2.42. The molecule has 0 bridgehead atoms. The Morgan fingerprint density at radius 1 is 0.958 bits per heavy atom. The lowest BCUT2D eigenvalue weighted by atomic mass is 10.1. The van der Waals surface area contributed by atoms with Crippen molar-refractivity contribution >= 4 is 23.2 Å². The van der Waals surface area contributed by atoms with Gasteiger partial charge in [0.15, 0.2) is 0 Å². The summed E-state index contributed by atoms with van der Waals surface area (Å²) in [6.07, 6.45) is 0. The van der Waals surface area contributed by atoms with Crippen molar-refractivity contribution in [2.75, 3.05) is 22.9 Å². The molecule has 24 heavy (non-hydrogen) atoms. The predicted molar refractivity (Wildman–Crippen MR) is 98.4 cm³/mol. The van der Waals surface area contributed by atoms with Crippen LogP contribution in [0, 0.1) is 13.8 Å². The summed E-state index contributed by atoms with van der Waals surface area (Å²) in [6, 6.07) is 15.4. The van der Waals surface area contributed by atoms with Gasteiger partial charge < -0.3 is 9.80 Å². The minimum Gasteiger partial charge on any atom is -0.311 e. The van der Waals surface area contributed by atoms with Gasteiger partial charge in [-0.1, -0.05) is 30.3 Å². The van der Waals surface area contributed by atoms with Gasteiger partial charge in [0, 0.05) is 24.8 Å². The van der Waals surface area contributed by atoms with Gasteiger partial charge in [0.05, 0.1) is 0 Å². The van der Waals surface area contributed by atoms with Crippen LogP contribution in [0.4, 0.5) is 11.4 Å². The number of nitrogens with zero attached hydrogens (tertiary/aromatic N) is 2. The van der Waals surface area contributed by atoms with Crippen molar-refractivity contribution in [3.05, 3.63) is 59.7 Å². The molecule has 0 saturated carbocycles. The van der Waals surface area contributed by atoms with Crippen LogP contribution in [0.5, 0.6) is 0 Å². The van der Waals surface area contributed by atoms with Crippen molar-refractivity contribution < 1.29 is 9.59 Å². The van der Waals surface area contributed by atoms with Gasteiger partial charge in [-0.2, -0.15) is 0 Å². The zero-order chi connectivity index (χ0) is 17.7. The van der Waals surface area contributed by atoms with Crippen molar-refractivity contribution in [2.24, 2.45) is 0 Å². The molecule has 126 valence electrons. The topological polar surface area (TPSA) is 40.6 Å². The molecule has 0 aliphatic heterocycles. The number of para-hydroxylation sites is 1. The lowest BCUT2D eigenvalue weighted by molar-refractivity contribution is -0.121. The number of rotatable bonds is 5. The zero-order valence-electron chi connectivity index (χ0n) is 14.7. The number of anilines is 2. The highest BCUT2D eigenvalue weighted by molar-refractivity contribution is 6.03. The van der Waals surface area contributed by atoms with Gasteiger partial charge in [-0.3, -0.25) is 9.59 Å². The summed E-state index contributed by atoms with van der Waals surface area (Å²) in [5.41, 5.74) is 3.70. The van der Waals surface area contributed by atoms with Gasteiger partial charge in [0.25, 0.3) is 0 Å². The van der Waals surface area contributed by atoms with Crippen molar-refractivity contribution in [2.45, 2.75) is 27.7 Å². The molecular formula is C20H24N2O2. The fraction of sp³-hybridized carbons (Fsp3) is 0.300. The molecule has 0 radical (unpaired) electrons. The molecule has 0 unspecified atom stereocenters. The predicted octanol–water partition coefficient (Wildman–Crippen LogP) is 3.71. The SMILES string of the molecule is CCN(C(=O)CN(C(C)=O)c1ccccc1C)c1cccc(C)c1. The van der Waals surface area contributed by atoms with Crippen LogP contribution in [0.25, 0.3) is 0 Å². The highest BCUT2D eigenvalue weighted by atomic mass is 16.2. The van der Waals surface area contributed by atoms with Crippen LogP contribution in [-0.4, -0.2) is 24.9 Å². The van der Waals surface area contributed by atoms with E-state index in [1.54, 1.807) is 4.90 Å². The van der Waals surface area contributed by atoms with Crippen LogP contribution in [0.1, 0.15) is 25.0 Å². The Morgan fingerprint density at radius 2 is 1.67 bits per heavy atom. The monoisotopic (exact) mass is 324 g/mol. The summed E-state index contributed by atoms with van der Waals surface area (Å²) in [6.45, 7) is 7.95. The standard InChI is InChI=1S/C20H24N2O2/c1-5-21(18-11-8-9-15(2)13-18)20(24)14-22(17(4)23)19-12-7-6-10-16(19)3/h6-13H,5,14H2,1-4H3. The van der Waals surface area contributed by atoms with E-state index >= 15 is 0 Å². The number of amides is 2. The molecule has 0 aromatic heterocycles. The van der Waals surface area contributed by atoms with Crippen molar-refractivity contribution in [1.29, 1.82) is 0 Å². The molecule has 0 saturated heterocycles. The second-order valence-electron chi connectivity index (χ2n) is 5.87.